The summed E-state index contributed by atoms with van der Waals surface area (Å²) in [7, 11) is 0. The van der Waals surface area contributed by atoms with Gasteiger partial charge < -0.3 is 26.0 Å². The van der Waals surface area contributed by atoms with Gasteiger partial charge in [-0.2, -0.15) is 0 Å². The van der Waals surface area contributed by atoms with E-state index in [4.69, 9.17) is 5.11 Å². The zero-order chi connectivity index (χ0) is 39.3. The highest BCUT2D eigenvalue weighted by atomic mass is 16.3. The van der Waals surface area contributed by atoms with Gasteiger partial charge >= 0.3 is 0 Å². The molecule has 5 atom stereocenters. The molecule has 2 fully saturated rings. The number of aliphatic hydroxyl groups is 1. The van der Waals surface area contributed by atoms with Crippen molar-refractivity contribution in [2.45, 2.75) is 134 Å². The number of nitrogens with zero attached hydrogens (tertiary/aromatic N) is 7. The van der Waals surface area contributed by atoms with Crippen molar-refractivity contribution in [2.24, 2.45) is 0 Å². The highest BCUT2D eigenvalue weighted by Crippen LogP contribution is 2.32. The maximum Gasteiger partial charge on any atom is 0.246 e. The molecule has 2 saturated heterocycles. The predicted molar refractivity (Wildman–Crippen MR) is 212 cm³/mol. The van der Waals surface area contributed by atoms with Crippen LogP contribution in [-0.2, 0) is 40.3 Å². The number of aliphatic hydroxyl groups excluding tert-OH is 1. The summed E-state index contributed by atoms with van der Waals surface area (Å²) < 4.78 is 3.76. The van der Waals surface area contributed by atoms with Crippen LogP contribution in [0.1, 0.15) is 105 Å². The lowest BCUT2D eigenvalue weighted by Crippen LogP contribution is -2.58. The highest BCUT2D eigenvalue weighted by molar-refractivity contribution is 5.94. The number of carbonyl (C=O) groups is 3. The first kappa shape index (κ1) is 40.7. The van der Waals surface area contributed by atoms with E-state index < -0.39 is 24.2 Å². The van der Waals surface area contributed by atoms with Crippen molar-refractivity contribution in [1.82, 2.24) is 50.8 Å². The Hall–Kier alpha value is -4.95. The third kappa shape index (κ3) is 11.1. The lowest BCUT2D eigenvalue weighted by Gasteiger charge is -2.36. The first-order valence-electron chi connectivity index (χ1n) is 20.5. The molecule has 2 aliphatic rings. The Morgan fingerprint density at radius 1 is 0.839 bits per heavy atom. The SMILES string of the molecule is Cc1cn(CCCCc2ccc(CCCCn3cc([C@@H](NC(=O)[C@@H]4CC[C@@H]5CCCC[C@H](NC(=O)[C@H](C)NCCO)C(=O)N54)c4ccccc4)nn3)cc2)nn1. The molecule has 0 spiro atoms. The van der Waals surface area contributed by atoms with Crippen LogP contribution in [0.4, 0.5) is 0 Å². The number of nitrogens with one attached hydrogen (secondary N) is 3. The average molecular weight is 767 g/mol. The molecule has 4 aromatic rings. The Balaban J connectivity index is 1.02. The van der Waals surface area contributed by atoms with Crippen molar-refractivity contribution in [3.05, 3.63) is 95.1 Å². The van der Waals surface area contributed by atoms with Gasteiger partial charge in [0.2, 0.25) is 17.7 Å². The quantitative estimate of drug-likeness (QED) is 0.104. The second kappa shape index (κ2) is 20.3. The number of rotatable bonds is 19. The molecular weight excluding hydrogens is 709 g/mol. The van der Waals surface area contributed by atoms with Crippen LogP contribution in [0.2, 0.25) is 0 Å². The van der Waals surface area contributed by atoms with Gasteiger partial charge in [-0.05, 0) is 94.7 Å². The Kier molecular flexibility index (Phi) is 14.7. The highest BCUT2D eigenvalue weighted by Gasteiger charge is 2.44. The molecule has 14 heteroatoms. The van der Waals surface area contributed by atoms with Gasteiger partial charge in [0.15, 0.2) is 0 Å². The first-order valence-corrected chi connectivity index (χ1v) is 20.5. The van der Waals surface area contributed by atoms with Crippen LogP contribution in [0.3, 0.4) is 0 Å². The van der Waals surface area contributed by atoms with Crippen molar-refractivity contribution in [2.75, 3.05) is 13.2 Å². The van der Waals surface area contributed by atoms with Gasteiger partial charge in [0.1, 0.15) is 17.8 Å². The number of benzene rings is 2. The standard InChI is InChI=1S/C42H58N10O4/c1-30-28-50(48-46-30)25-10-8-12-32-18-20-33(21-19-32)13-9-11-26-51-29-37(47-49-51)39(34-14-4-3-5-15-34)45-41(55)38-23-22-35-16-6-7-17-36(42(56)52(35)38)44-40(54)31(2)43-24-27-53/h3-5,14-15,18-21,28-29,31,35-36,38-39,43,53H,6-13,16-17,22-27H2,1-2H3,(H,44,54)(H,45,55)/t31-,35-,36-,38-,39-/m0/s1. The van der Waals surface area contributed by atoms with Gasteiger partial charge in [-0.15, -0.1) is 10.2 Å². The number of hydrogen-bond acceptors (Lipinski definition) is 9. The van der Waals surface area contributed by atoms with E-state index in [0.29, 0.717) is 25.1 Å². The van der Waals surface area contributed by atoms with Crippen LogP contribution in [-0.4, -0.2) is 95.0 Å². The minimum absolute atomic E-state index is 0.0528. The molecular formula is C42H58N10O4. The molecule has 4 heterocycles. The maximum absolute atomic E-state index is 14.2. The minimum atomic E-state index is -0.710. The molecule has 0 bridgehead atoms. The molecule has 6 rings (SSSR count). The van der Waals surface area contributed by atoms with Gasteiger partial charge in [0.25, 0.3) is 0 Å². The number of hydrogen-bond donors (Lipinski definition) is 4. The molecule has 3 amide bonds. The monoisotopic (exact) mass is 766 g/mol. The Labute approximate surface area is 329 Å². The molecule has 2 aromatic heterocycles. The van der Waals surface area contributed by atoms with E-state index in [0.717, 1.165) is 82.0 Å². The number of unbranched alkanes of at least 4 members (excludes halogenated alkanes) is 2. The van der Waals surface area contributed by atoms with Gasteiger partial charge in [0.05, 0.1) is 30.6 Å². The van der Waals surface area contributed by atoms with Crippen LogP contribution in [0.15, 0.2) is 67.0 Å². The molecule has 14 nitrogen and oxygen atoms in total. The minimum Gasteiger partial charge on any atom is -0.395 e. The summed E-state index contributed by atoms with van der Waals surface area (Å²) in [5, 5.41) is 35.4. The number of aromatic nitrogens is 6. The molecule has 0 aliphatic carbocycles. The van der Waals surface area contributed by atoms with Crippen molar-refractivity contribution < 1.29 is 19.5 Å². The van der Waals surface area contributed by atoms with Crippen molar-refractivity contribution in [1.29, 1.82) is 0 Å². The molecule has 2 aliphatic heterocycles. The van der Waals surface area contributed by atoms with Crippen LogP contribution < -0.4 is 16.0 Å². The Morgan fingerprint density at radius 2 is 1.50 bits per heavy atom. The van der Waals surface area contributed by atoms with E-state index >= 15 is 0 Å². The van der Waals surface area contributed by atoms with Crippen molar-refractivity contribution in [3.63, 3.8) is 0 Å². The molecule has 4 N–H and O–H groups in total. The molecule has 300 valence electrons. The second-order valence-electron chi connectivity index (χ2n) is 15.4. The van der Waals surface area contributed by atoms with Crippen LogP contribution >= 0.6 is 0 Å². The molecule has 2 aromatic carbocycles. The number of amides is 3. The van der Waals surface area contributed by atoms with Gasteiger partial charge in [-0.25, -0.2) is 0 Å². The summed E-state index contributed by atoms with van der Waals surface area (Å²) in [6.45, 7) is 5.46. The van der Waals surface area contributed by atoms with Crippen molar-refractivity contribution >= 4 is 17.7 Å². The van der Waals surface area contributed by atoms with E-state index in [1.165, 1.54) is 11.1 Å². The maximum atomic E-state index is 14.2. The summed E-state index contributed by atoms with van der Waals surface area (Å²) in [4.78, 5) is 42.9. The lowest BCUT2D eigenvalue weighted by atomic mass is 9.98. The largest absolute Gasteiger partial charge is 0.395 e. The van der Waals surface area contributed by atoms with Crippen LogP contribution in [0.5, 0.6) is 0 Å². The third-order valence-electron chi connectivity index (χ3n) is 11.1. The fraction of sp³-hybridized carbons (Fsp3) is 0.548. The smallest absolute Gasteiger partial charge is 0.246 e. The van der Waals surface area contributed by atoms with Crippen molar-refractivity contribution in [3.8, 4) is 0 Å². The zero-order valence-corrected chi connectivity index (χ0v) is 32.9. The van der Waals surface area contributed by atoms with E-state index in [-0.39, 0.29) is 36.9 Å². The van der Waals surface area contributed by atoms with Gasteiger partial charge in [-0.1, -0.05) is 77.9 Å². The van der Waals surface area contributed by atoms with E-state index in [9.17, 15) is 14.4 Å². The molecule has 56 heavy (non-hydrogen) atoms. The summed E-state index contributed by atoms with van der Waals surface area (Å²) in [6, 6.07) is 16.2. The first-order chi connectivity index (χ1) is 27.3. The summed E-state index contributed by atoms with van der Waals surface area (Å²) in [5.41, 5.74) is 5.14. The number of fused-ring (bicyclic) bond motifs is 1. The summed E-state index contributed by atoms with van der Waals surface area (Å²) >= 11 is 0. The zero-order valence-electron chi connectivity index (χ0n) is 32.9. The normalized spacial score (nSPS) is 19.5. The third-order valence-corrected chi connectivity index (χ3v) is 11.1. The molecule has 0 radical (unpaired) electrons. The van der Waals surface area contributed by atoms with Gasteiger partial charge in [-0.3, -0.25) is 23.7 Å². The summed E-state index contributed by atoms with van der Waals surface area (Å²) in [6.07, 6.45) is 14.4. The number of aryl methyl sites for hydroxylation is 5. The fourth-order valence-electron chi connectivity index (χ4n) is 7.94. The molecule has 0 saturated carbocycles. The van der Waals surface area contributed by atoms with Crippen LogP contribution in [0.25, 0.3) is 0 Å². The Morgan fingerprint density at radius 3 is 2.16 bits per heavy atom. The fourth-order valence-corrected chi connectivity index (χ4v) is 7.94. The Bertz CT molecular complexity index is 1840. The van der Waals surface area contributed by atoms with E-state index in [1.54, 1.807) is 11.8 Å². The van der Waals surface area contributed by atoms with Crippen LogP contribution in [0, 0.1) is 6.92 Å². The average Bonchev–Trinajstić information content (AvgIpc) is 3.97. The van der Waals surface area contributed by atoms with E-state index in [1.807, 2.05) is 59.0 Å². The van der Waals surface area contributed by atoms with E-state index in [2.05, 4.69) is 60.8 Å². The molecule has 0 unspecified atom stereocenters. The second-order valence-corrected chi connectivity index (χ2v) is 15.4. The lowest BCUT2D eigenvalue weighted by molar-refractivity contribution is -0.144. The number of carbonyl (C=O) groups excluding carboxylic acids is 3. The predicted octanol–water partition coefficient (Wildman–Crippen LogP) is 3.82. The summed E-state index contributed by atoms with van der Waals surface area (Å²) in [5.74, 6) is -0.743. The topological polar surface area (TPSA) is 172 Å². The van der Waals surface area contributed by atoms with Gasteiger partial charge in [0, 0.05) is 31.9 Å².